The topological polar surface area (TPSA) is 37.9 Å². The Morgan fingerprint density at radius 2 is 1.26 bits per heavy atom. The minimum absolute atomic E-state index is 0.0303. The first kappa shape index (κ1) is 45.0. The van der Waals surface area contributed by atoms with Crippen LogP contribution in [-0.2, 0) is 11.8 Å². The van der Waals surface area contributed by atoms with Crippen molar-refractivity contribution in [1.29, 1.82) is 0 Å². The van der Waals surface area contributed by atoms with Crippen molar-refractivity contribution in [3.8, 4) is 33.4 Å². The lowest BCUT2D eigenvalue weighted by Gasteiger charge is -2.24. The van der Waals surface area contributed by atoms with Gasteiger partial charge in [0.2, 0.25) is 0 Å². The average Bonchev–Trinajstić information content (AvgIpc) is 4.02. The van der Waals surface area contributed by atoms with E-state index in [1.165, 1.54) is 75.8 Å². The third-order valence-corrected chi connectivity index (χ3v) is 17.1. The van der Waals surface area contributed by atoms with Crippen LogP contribution in [0, 0.1) is 6.92 Å². The number of benzene rings is 9. The Morgan fingerprint density at radius 3 is 2.12 bits per heavy atom. The number of para-hydroxylation sites is 1. The van der Waals surface area contributed by atoms with Crippen LogP contribution < -0.4 is 0 Å². The SMILES string of the molecule is CCC1=C(c2cccc3sc4ccccc4c23)N=C(c2ccc3c(c2)oc2c(-c4ccccc4)cccc23)N=C(c2cccc(CC(CC)c3ccccc3-c3cc4c(cc3C)C(C)(C)c3ccccc3-4)c2)C1. The predicted molar refractivity (Wildman–Crippen MR) is 311 cm³/mol. The predicted octanol–water partition coefficient (Wildman–Crippen LogP) is 19.1. The second-order valence-corrected chi connectivity index (χ2v) is 21.7. The number of aryl methyl sites for hydroxylation is 1. The third-order valence-electron chi connectivity index (χ3n) is 16.0. The van der Waals surface area contributed by atoms with Gasteiger partial charge in [-0.2, -0.15) is 0 Å². The molecule has 2 aliphatic rings. The van der Waals surface area contributed by atoms with Crippen LogP contribution in [0.25, 0.3) is 81.2 Å². The zero-order chi connectivity index (χ0) is 49.4. The van der Waals surface area contributed by atoms with Gasteiger partial charge < -0.3 is 4.42 Å². The van der Waals surface area contributed by atoms with E-state index in [-0.39, 0.29) is 5.41 Å². The van der Waals surface area contributed by atoms with Gasteiger partial charge in [-0.1, -0.05) is 185 Å². The average molecular weight is 961 g/mol. The van der Waals surface area contributed by atoms with Gasteiger partial charge in [-0.15, -0.1) is 11.3 Å². The Balaban J connectivity index is 0.913. The molecule has 1 aliphatic carbocycles. The Morgan fingerprint density at radius 1 is 0.548 bits per heavy atom. The molecular formula is C69H56N2OS. The number of nitrogens with zero attached hydrogens (tertiary/aromatic N) is 2. The Hall–Kier alpha value is -7.92. The molecule has 0 saturated carbocycles. The van der Waals surface area contributed by atoms with E-state index in [0.717, 1.165) is 80.4 Å². The fourth-order valence-corrected chi connectivity index (χ4v) is 13.3. The van der Waals surface area contributed by atoms with Crippen molar-refractivity contribution in [1.82, 2.24) is 0 Å². The van der Waals surface area contributed by atoms with Crippen molar-refractivity contribution in [2.45, 2.75) is 71.6 Å². The molecule has 0 radical (unpaired) electrons. The third kappa shape index (κ3) is 7.62. The molecule has 1 atom stereocenters. The van der Waals surface area contributed by atoms with Gasteiger partial charge in [-0.25, -0.2) is 9.98 Å². The smallest absolute Gasteiger partial charge is 0.160 e. The van der Waals surface area contributed by atoms with E-state index in [0.29, 0.717) is 18.2 Å². The highest BCUT2D eigenvalue weighted by atomic mass is 32.1. The molecule has 4 heteroatoms. The summed E-state index contributed by atoms with van der Waals surface area (Å²) in [6.45, 7) is 11.6. The lowest BCUT2D eigenvalue weighted by molar-refractivity contribution is 0.659. The zero-order valence-corrected chi connectivity index (χ0v) is 42.9. The van der Waals surface area contributed by atoms with Crippen LogP contribution in [0.4, 0.5) is 0 Å². The fraction of sp³-hybridized carbons (Fsp3) is 0.159. The molecule has 73 heavy (non-hydrogen) atoms. The molecular weight excluding hydrogens is 905 g/mol. The van der Waals surface area contributed by atoms with E-state index in [9.17, 15) is 0 Å². The Kier molecular flexibility index (Phi) is 11.1. The van der Waals surface area contributed by atoms with E-state index in [2.05, 4.69) is 229 Å². The first-order valence-corrected chi connectivity index (χ1v) is 26.8. The van der Waals surface area contributed by atoms with Crippen molar-refractivity contribution in [3.05, 3.63) is 244 Å². The molecule has 0 bridgehead atoms. The first-order valence-electron chi connectivity index (χ1n) is 26.0. The van der Waals surface area contributed by atoms with Gasteiger partial charge in [-0.05, 0) is 135 Å². The van der Waals surface area contributed by atoms with E-state index >= 15 is 0 Å². The summed E-state index contributed by atoms with van der Waals surface area (Å²) in [7, 11) is 0. The Labute approximate surface area is 431 Å². The van der Waals surface area contributed by atoms with Crippen LogP contribution in [0.1, 0.15) is 97.4 Å². The number of thiophene rings is 1. The van der Waals surface area contributed by atoms with Gasteiger partial charge in [0.05, 0.1) is 11.4 Å². The summed E-state index contributed by atoms with van der Waals surface area (Å²) in [6, 6.07) is 71.2. The van der Waals surface area contributed by atoms with Gasteiger partial charge in [-0.3, -0.25) is 0 Å². The summed E-state index contributed by atoms with van der Waals surface area (Å²) in [6.07, 6.45) is 3.46. The summed E-state index contributed by atoms with van der Waals surface area (Å²) in [5.41, 5.74) is 22.7. The molecule has 3 nitrogen and oxygen atoms in total. The standard InChI is InChI=1S/C69H56N2OS/c1-6-44(49-24-11-12-25-51(49)57-41-58-52-26-13-15-31-59(52)69(4,5)60(58)36-42(57)3)37-43-20-17-23-47(38-43)61-39-45(7-2)66(56-30-19-33-64-65(56)55-27-14-16-32-63(55)73-64)71-68(70-61)48-34-35-53-54-29-18-28-50(46-21-9-8-10-22-46)67(54)72-62(53)40-48/h8-36,38,40-41,44H,6-7,37,39H2,1-5H3. The summed E-state index contributed by atoms with van der Waals surface area (Å²) in [5.74, 6) is 1.00. The second kappa shape index (κ2) is 18.0. The molecule has 1 unspecified atom stereocenters. The maximum absolute atomic E-state index is 6.83. The van der Waals surface area contributed by atoms with Crippen molar-refractivity contribution < 1.29 is 4.42 Å². The normalized spacial score (nSPS) is 14.6. The second-order valence-electron chi connectivity index (χ2n) is 20.6. The van der Waals surface area contributed by atoms with Crippen molar-refractivity contribution >= 4 is 70.7 Å². The van der Waals surface area contributed by atoms with Gasteiger partial charge in [0, 0.05) is 59.5 Å². The number of furan rings is 1. The maximum Gasteiger partial charge on any atom is 0.160 e. The van der Waals surface area contributed by atoms with Gasteiger partial charge >= 0.3 is 0 Å². The number of fused-ring (bicyclic) bond motifs is 9. The lowest BCUT2D eigenvalue weighted by Crippen LogP contribution is -2.15. The summed E-state index contributed by atoms with van der Waals surface area (Å²) in [4.78, 5) is 11.3. The molecule has 13 rings (SSSR count). The molecule has 2 aromatic heterocycles. The minimum atomic E-state index is -0.0303. The molecule has 0 N–H and O–H groups in total. The summed E-state index contributed by atoms with van der Waals surface area (Å²) < 4.78 is 9.38. The molecule has 0 amide bonds. The molecule has 1 aliphatic heterocycles. The first-order chi connectivity index (χ1) is 35.7. The molecule has 3 heterocycles. The van der Waals surface area contributed by atoms with Crippen molar-refractivity contribution in [3.63, 3.8) is 0 Å². The highest BCUT2D eigenvalue weighted by molar-refractivity contribution is 7.25. The van der Waals surface area contributed by atoms with E-state index in [4.69, 9.17) is 14.4 Å². The number of allylic oxidation sites excluding steroid dienone is 1. The number of hydrogen-bond donors (Lipinski definition) is 0. The largest absolute Gasteiger partial charge is 0.455 e. The molecule has 0 fully saturated rings. The molecule has 11 aromatic rings. The van der Waals surface area contributed by atoms with Crippen LogP contribution in [-0.4, -0.2) is 11.5 Å². The monoisotopic (exact) mass is 960 g/mol. The van der Waals surface area contributed by atoms with Crippen LogP contribution in [0.2, 0.25) is 0 Å². The Bertz CT molecular complexity index is 4100. The number of aliphatic imine (C=N–C) groups is 2. The van der Waals surface area contributed by atoms with E-state index < -0.39 is 0 Å². The van der Waals surface area contributed by atoms with Crippen molar-refractivity contribution in [2.75, 3.05) is 0 Å². The molecule has 0 saturated heterocycles. The lowest BCUT2D eigenvalue weighted by atomic mass is 9.80. The van der Waals surface area contributed by atoms with Crippen molar-refractivity contribution in [2.24, 2.45) is 9.98 Å². The van der Waals surface area contributed by atoms with Crippen LogP contribution in [0.5, 0.6) is 0 Å². The number of rotatable bonds is 10. The van der Waals surface area contributed by atoms with Crippen LogP contribution in [0.15, 0.2) is 214 Å². The fourth-order valence-electron chi connectivity index (χ4n) is 12.1. The quantitative estimate of drug-likeness (QED) is 0.135. The maximum atomic E-state index is 6.83. The van der Waals surface area contributed by atoms with Gasteiger partial charge in [0.25, 0.3) is 0 Å². The van der Waals surface area contributed by atoms with Gasteiger partial charge in [0.15, 0.2) is 5.84 Å². The zero-order valence-electron chi connectivity index (χ0n) is 42.1. The van der Waals surface area contributed by atoms with Crippen LogP contribution >= 0.6 is 11.3 Å². The van der Waals surface area contributed by atoms with E-state index in [1.807, 2.05) is 11.3 Å². The van der Waals surface area contributed by atoms with Crippen LogP contribution in [0.3, 0.4) is 0 Å². The molecule has 9 aromatic carbocycles. The highest BCUT2D eigenvalue weighted by Gasteiger charge is 2.36. The van der Waals surface area contributed by atoms with E-state index in [1.54, 1.807) is 0 Å². The minimum Gasteiger partial charge on any atom is -0.455 e. The summed E-state index contributed by atoms with van der Waals surface area (Å²) in [5, 5.41) is 4.70. The highest BCUT2D eigenvalue weighted by Crippen LogP contribution is 2.51. The molecule has 0 spiro atoms. The summed E-state index contributed by atoms with van der Waals surface area (Å²) >= 11 is 1.85. The van der Waals surface area contributed by atoms with Gasteiger partial charge in [0.1, 0.15) is 11.2 Å². The number of hydrogen-bond acceptors (Lipinski definition) is 4. The molecule has 354 valence electrons. The number of amidine groups is 1.